The van der Waals surface area contributed by atoms with Gasteiger partial charge < -0.3 is 10.1 Å². The van der Waals surface area contributed by atoms with Crippen molar-refractivity contribution in [3.05, 3.63) is 23.8 Å². The Kier molecular flexibility index (Phi) is 6.05. The molecule has 0 spiro atoms. The first kappa shape index (κ1) is 21.8. The van der Waals surface area contributed by atoms with E-state index < -0.39 is 16.4 Å². The van der Waals surface area contributed by atoms with Crippen LogP contribution >= 0.6 is 0 Å². The molecule has 1 aromatic carbocycles. The largest absolute Gasteiger partial charge is 0.494 e. The first-order chi connectivity index (χ1) is 14.8. The Bertz CT molecular complexity index is 986. The van der Waals surface area contributed by atoms with Crippen molar-refractivity contribution >= 4 is 28.1 Å². The van der Waals surface area contributed by atoms with Crippen LogP contribution in [-0.2, 0) is 15.3 Å². The Labute approximate surface area is 184 Å². The Balaban J connectivity index is 1.65. The fraction of sp³-hybridized carbons (Fsp3) is 0.636. The van der Waals surface area contributed by atoms with Crippen LogP contribution < -0.4 is 10.1 Å². The van der Waals surface area contributed by atoms with Gasteiger partial charge in [-0.3, -0.25) is 9.69 Å². The van der Waals surface area contributed by atoms with E-state index in [9.17, 15) is 18.0 Å². The topological polar surface area (TPSA) is 105 Å². The molecule has 0 saturated heterocycles. The van der Waals surface area contributed by atoms with Crippen molar-refractivity contribution in [1.29, 1.82) is 0 Å². The van der Waals surface area contributed by atoms with Crippen LogP contribution in [0.3, 0.4) is 0 Å². The van der Waals surface area contributed by atoms with Gasteiger partial charge in [-0.15, -0.1) is 4.36 Å². The van der Waals surface area contributed by atoms with Gasteiger partial charge in [0.2, 0.25) is 5.91 Å². The number of nitrogens with one attached hydrogen (secondary N) is 1. The van der Waals surface area contributed by atoms with Gasteiger partial charge >= 0.3 is 16.5 Å². The predicted molar refractivity (Wildman–Crippen MR) is 115 cm³/mol. The van der Waals surface area contributed by atoms with Crippen LogP contribution in [0.1, 0.15) is 50.5 Å². The molecule has 1 unspecified atom stereocenters. The molecule has 1 aromatic rings. The van der Waals surface area contributed by atoms with E-state index in [1.54, 1.807) is 26.1 Å². The molecule has 0 heterocycles. The Morgan fingerprint density at radius 3 is 2.26 bits per heavy atom. The molecule has 5 rings (SSSR count). The standard InChI is InChI=1S/C22H29N3O5S/c1-12(15-4-5-19(30-3)18(11-15)24-31(28)29)21(26)25(22(27)23-2)20-16-7-13-6-14(9-16)10-17(20)8-13/h4-5,11-14,16-17,20H,6-10H2,1-3H3,(H,23,27). The lowest BCUT2D eigenvalue weighted by molar-refractivity contribution is -0.139. The van der Waals surface area contributed by atoms with E-state index in [0.29, 0.717) is 23.1 Å². The Morgan fingerprint density at radius 1 is 1.13 bits per heavy atom. The van der Waals surface area contributed by atoms with Gasteiger partial charge in [0, 0.05) is 13.1 Å². The zero-order chi connectivity index (χ0) is 22.3. The molecule has 1 N–H and O–H groups in total. The first-order valence-corrected chi connectivity index (χ1v) is 11.9. The van der Waals surface area contributed by atoms with Crippen LogP contribution in [0.25, 0.3) is 0 Å². The van der Waals surface area contributed by atoms with E-state index in [-0.39, 0.29) is 23.7 Å². The van der Waals surface area contributed by atoms with E-state index in [4.69, 9.17) is 4.74 Å². The highest BCUT2D eigenvalue weighted by atomic mass is 32.2. The van der Waals surface area contributed by atoms with Crippen molar-refractivity contribution in [3.63, 3.8) is 0 Å². The molecule has 4 fully saturated rings. The van der Waals surface area contributed by atoms with Crippen molar-refractivity contribution in [3.8, 4) is 5.75 Å². The molecule has 9 heteroatoms. The zero-order valence-corrected chi connectivity index (χ0v) is 18.9. The summed E-state index contributed by atoms with van der Waals surface area (Å²) in [6, 6.07) is 4.41. The Hall–Kier alpha value is -2.42. The zero-order valence-electron chi connectivity index (χ0n) is 18.1. The minimum Gasteiger partial charge on any atom is -0.494 e. The van der Waals surface area contributed by atoms with Crippen LogP contribution in [0.15, 0.2) is 22.6 Å². The van der Waals surface area contributed by atoms with E-state index in [2.05, 4.69) is 9.68 Å². The predicted octanol–water partition coefficient (Wildman–Crippen LogP) is 3.49. The van der Waals surface area contributed by atoms with Gasteiger partial charge in [0.1, 0.15) is 11.4 Å². The minimum atomic E-state index is -2.65. The smallest absolute Gasteiger partial charge is 0.324 e. The molecular weight excluding hydrogens is 418 g/mol. The molecule has 8 nitrogen and oxygen atoms in total. The molecule has 31 heavy (non-hydrogen) atoms. The third kappa shape index (κ3) is 4.07. The lowest BCUT2D eigenvalue weighted by Gasteiger charge is -2.56. The van der Waals surface area contributed by atoms with Crippen molar-refractivity contribution in [2.75, 3.05) is 14.2 Å². The van der Waals surface area contributed by atoms with Crippen LogP contribution in [0.5, 0.6) is 5.75 Å². The number of methoxy groups -OCH3 is 1. The molecule has 0 aromatic heterocycles. The maximum atomic E-state index is 13.6. The van der Waals surface area contributed by atoms with Gasteiger partial charge in [-0.2, -0.15) is 8.42 Å². The summed E-state index contributed by atoms with van der Waals surface area (Å²) in [5, 5.41) is 2.66. The van der Waals surface area contributed by atoms with Crippen LogP contribution in [-0.4, -0.2) is 45.5 Å². The van der Waals surface area contributed by atoms with Gasteiger partial charge in [-0.05, 0) is 80.4 Å². The summed E-state index contributed by atoms with van der Waals surface area (Å²) in [5.41, 5.74) is 0.724. The Morgan fingerprint density at radius 2 is 1.74 bits per heavy atom. The second kappa shape index (κ2) is 8.61. The van der Waals surface area contributed by atoms with Gasteiger partial charge in [-0.25, -0.2) is 4.79 Å². The summed E-state index contributed by atoms with van der Waals surface area (Å²) in [4.78, 5) is 28.0. The number of imide groups is 1. The molecule has 4 aliphatic carbocycles. The van der Waals surface area contributed by atoms with Crippen molar-refractivity contribution < 1.29 is 22.7 Å². The molecule has 0 aliphatic heterocycles. The quantitative estimate of drug-likeness (QED) is 0.744. The number of hydrogen-bond donors (Lipinski definition) is 1. The molecule has 1 atom stereocenters. The van der Waals surface area contributed by atoms with Gasteiger partial charge in [0.25, 0.3) is 0 Å². The highest BCUT2D eigenvalue weighted by molar-refractivity contribution is 7.61. The number of hydrogen-bond acceptors (Lipinski definition) is 6. The second-order valence-corrected chi connectivity index (χ2v) is 9.76. The second-order valence-electron chi connectivity index (χ2n) is 9.15. The number of carbonyl (C=O) groups excluding carboxylic acids is 2. The highest BCUT2D eigenvalue weighted by Gasteiger charge is 2.52. The fourth-order valence-corrected chi connectivity index (χ4v) is 6.60. The summed E-state index contributed by atoms with van der Waals surface area (Å²) < 4.78 is 30.9. The molecule has 168 valence electrons. The average Bonchev–Trinajstić information content (AvgIpc) is 2.73. The normalized spacial score (nSPS) is 29.2. The lowest BCUT2D eigenvalue weighted by atomic mass is 9.54. The monoisotopic (exact) mass is 447 g/mol. The van der Waals surface area contributed by atoms with Crippen LogP contribution in [0.2, 0.25) is 0 Å². The van der Waals surface area contributed by atoms with E-state index in [1.807, 2.05) is 0 Å². The first-order valence-electron chi connectivity index (χ1n) is 10.9. The van der Waals surface area contributed by atoms with Gasteiger partial charge in [0.05, 0.1) is 13.0 Å². The summed E-state index contributed by atoms with van der Waals surface area (Å²) in [6.07, 6.45) is 5.66. The number of benzene rings is 1. The number of ether oxygens (including phenoxy) is 1. The SMILES string of the molecule is CNC(=O)N(C(=O)C(C)c1ccc(OC)c(N=S(=O)=O)c1)C1C2CC3CC(C2)CC1C3. The summed E-state index contributed by atoms with van der Waals surface area (Å²) in [5.74, 6) is 1.61. The molecule has 4 aliphatic rings. The maximum absolute atomic E-state index is 13.6. The van der Waals surface area contributed by atoms with Crippen molar-refractivity contribution in [2.24, 2.45) is 28.0 Å². The molecule has 3 amide bonds. The lowest BCUT2D eigenvalue weighted by Crippen LogP contribution is -2.61. The average molecular weight is 448 g/mol. The molecular formula is C22H29N3O5S. The third-order valence-corrected chi connectivity index (χ3v) is 7.74. The fourth-order valence-electron chi connectivity index (χ4n) is 6.30. The van der Waals surface area contributed by atoms with Crippen molar-refractivity contribution in [1.82, 2.24) is 10.2 Å². The van der Waals surface area contributed by atoms with Gasteiger partial charge in [-0.1, -0.05) is 6.07 Å². The highest BCUT2D eigenvalue weighted by Crippen LogP contribution is 2.55. The molecule has 0 radical (unpaired) electrons. The number of rotatable bonds is 5. The maximum Gasteiger partial charge on any atom is 0.324 e. The van der Waals surface area contributed by atoms with Crippen molar-refractivity contribution in [2.45, 2.75) is 51.0 Å². The van der Waals surface area contributed by atoms with E-state index in [1.165, 1.54) is 24.5 Å². The van der Waals surface area contributed by atoms with Crippen LogP contribution in [0.4, 0.5) is 10.5 Å². The van der Waals surface area contributed by atoms with E-state index >= 15 is 0 Å². The van der Waals surface area contributed by atoms with E-state index in [0.717, 1.165) is 37.5 Å². The summed E-state index contributed by atoms with van der Waals surface area (Å²) in [7, 11) is 0.331. The summed E-state index contributed by atoms with van der Waals surface area (Å²) >= 11 is 0. The molecule has 4 bridgehead atoms. The number of carbonyl (C=O) groups is 2. The number of amides is 3. The molecule has 4 saturated carbocycles. The van der Waals surface area contributed by atoms with Gasteiger partial charge in [0.15, 0.2) is 0 Å². The minimum absolute atomic E-state index is 0.0701. The third-order valence-electron chi connectivity index (χ3n) is 7.39. The number of nitrogens with zero attached hydrogens (tertiary/aromatic N) is 2. The number of urea groups is 1. The van der Waals surface area contributed by atoms with Crippen LogP contribution in [0, 0.1) is 23.7 Å². The summed E-state index contributed by atoms with van der Waals surface area (Å²) in [6.45, 7) is 1.74.